The van der Waals surface area contributed by atoms with Crippen LogP contribution in [0, 0.1) is 0 Å². The fourth-order valence-electron chi connectivity index (χ4n) is 5.97. The van der Waals surface area contributed by atoms with Gasteiger partial charge in [-0.05, 0) is 48.6 Å². The van der Waals surface area contributed by atoms with Crippen LogP contribution in [0.1, 0.15) is 29.9 Å². The highest BCUT2D eigenvalue weighted by molar-refractivity contribution is 5.94. The molecule has 0 fully saturated rings. The first kappa shape index (κ1) is 12.7. The highest BCUT2D eigenvalue weighted by atomic mass is 15.3. The Kier molecular flexibility index (Phi) is 2.10. The molecule has 1 aromatic heterocycles. The zero-order valence-electron chi connectivity index (χ0n) is 13.9. The Morgan fingerprint density at radius 3 is 2.80 bits per heavy atom. The van der Waals surface area contributed by atoms with Gasteiger partial charge in [-0.15, -0.1) is 0 Å². The SMILES string of the molecule is C1=NCCC2=C1N1c3cccc4c3C(C1C2)C1Cc2ccncc2N41. The summed E-state index contributed by atoms with van der Waals surface area (Å²) in [6.07, 6.45) is 9.60. The van der Waals surface area contributed by atoms with Crippen molar-refractivity contribution in [2.75, 3.05) is 16.3 Å². The first-order valence-electron chi connectivity index (χ1n) is 9.28. The molecule has 1 aromatic carbocycles. The number of fused-ring (bicyclic) bond motifs is 9. The van der Waals surface area contributed by atoms with E-state index >= 15 is 0 Å². The molecule has 0 saturated carbocycles. The minimum atomic E-state index is 0.545. The molecule has 0 N–H and O–H groups in total. The first-order chi connectivity index (χ1) is 12.4. The number of aromatic nitrogens is 1. The standard InChI is InChI=1S/C21H18N4/c1-2-14-20-15(3-1)25-17(9-13-5-7-23-11-19(13)25)21(20)16-8-12-4-6-22-10-18(12)24(14)16/h1-4,6,10-11,16-17,21H,5,7-9H2. The minimum absolute atomic E-state index is 0.545. The molecule has 6 heterocycles. The summed E-state index contributed by atoms with van der Waals surface area (Å²) in [6, 6.07) is 10.2. The minimum Gasteiger partial charge on any atom is -0.336 e. The van der Waals surface area contributed by atoms with Crippen LogP contribution in [0.2, 0.25) is 0 Å². The fourth-order valence-corrected chi connectivity index (χ4v) is 5.97. The predicted octanol–water partition coefficient (Wildman–Crippen LogP) is 3.56. The lowest BCUT2D eigenvalue weighted by atomic mass is 9.86. The number of nitrogens with zero attached hydrogens (tertiary/aromatic N) is 4. The van der Waals surface area contributed by atoms with Gasteiger partial charge in [0.1, 0.15) is 0 Å². The normalized spacial score (nSPS) is 29.7. The molecule has 7 rings (SSSR count). The van der Waals surface area contributed by atoms with Gasteiger partial charge in [0, 0.05) is 53.9 Å². The molecule has 2 aromatic rings. The van der Waals surface area contributed by atoms with Crippen molar-refractivity contribution in [3.63, 3.8) is 0 Å². The van der Waals surface area contributed by atoms with Gasteiger partial charge >= 0.3 is 0 Å². The third-order valence-corrected chi connectivity index (χ3v) is 6.81. The summed E-state index contributed by atoms with van der Waals surface area (Å²) in [5, 5.41) is 0. The monoisotopic (exact) mass is 326 g/mol. The summed E-state index contributed by atoms with van der Waals surface area (Å²) in [5.74, 6) is 0.595. The molecule has 3 atom stereocenters. The number of aliphatic imine (C=N–C) groups is 1. The Bertz CT molecular complexity index is 1000. The van der Waals surface area contributed by atoms with E-state index in [4.69, 9.17) is 0 Å². The van der Waals surface area contributed by atoms with Gasteiger partial charge in [-0.2, -0.15) is 0 Å². The zero-order chi connectivity index (χ0) is 16.1. The van der Waals surface area contributed by atoms with Crippen LogP contribution in [0.4, 0.5) is 17.1 Å². The lowest BCUT2D eigenvalue weighted by molar-refractivity contribution is 0.499. The highest BCUT2D eigenvalue weighted by Gasteiger charge is 2.56. The van der Waals surface area contributed by atoms with E-state index in [1.54, 1.807) is 11.1 Å². The van der Waals surface area contributed by atoms with Crippen LogP contribution in [0.3, 0.4) is 0 Å². The van der Waals surface area contributed by atoms with Gasteiger partial charge in [0.05, 0.1) is 17.6 Å². The van der Waals surface area contributed by atoms with Gasteiger partial charge in [0.25, 0.3) is 0 Å². The molecule has 0 radical (unpaired) electrons. The average molecular weight is 326 g/mol. The summed E-state index contributed by atoms with van der Waals surface area (Å²) in [6.45, 7) is 0.962. The van der Waals surface area contributed by atoms with Crippen LogP contribution < -0.4 is 9.80 Å². The molecule has 0 amide bonds. The van der Waals surface area contributed by atoms with E-state index in [-0.39, 0.29) is 0 Å². The van der Waals surface area contributed by atoms with Gasteiger partial charge in [0.2, 0.25) is 0 Å². The Morgan fingerprint density at radius 1 is 0.960 bits per heavy atom. The van der Waals surface area contributed by atoms with E-state index in [9.17, 15) is 0 Å². The van der Waals surface area contributed by atoms with Crippen LogP contribution >= 0.6 is 0 Å². The molecule has 4 nitrogen and oxygen atoms in total. The Hall–Kier alpha value is -2.62. The number of allylic oxidation sites excluding steroid dienone is 1. The summed E-state index contributed by atoms with van der Waals surface area (Å²) in [5.41, 5.74) is 10.2. The fraction of sp³-hybridized carbons (Fsp3) is 0.333. The zero-order valence-corrected chi connectivity index (χ0v) is 13.9. The van der Waals surface area contributed by atoms with Crippen LogP contribution in [-0.2, 0) is 6.42 Å². The van der Waals surface area contributed by atoms with Gasteiger partial charge < -0.3 is 9.80 Å². The molecular weight excluding hydrogens is 308 g/mol. The third-order valence-electron chi connectivity index (χ3n) is 6.81. The Morgan fingerprint density at radius 2 is 1.84 bits per heavy atom. The van der Waals surface area contributed by atoms with E-state index in [1.165, 1.54) is 34.7 Å². The van der Waals surface area contributed by atoms with Gasteiger partial charge in [-0.1, -0.05) is 6.07 Å². The maximum Gasteiger partial charge on any atom is 0.0633 e. The first-order valence-corrected chi connectivity index (χ1v) is 9.28. The number of pyridine rings is 1. The maximum absolute atomic E-state index is 4.57. The van der Waals surface area contributed by atoms with E-state index in [0.717, 1.165) is 19.4 Å². The molecule has 0 spiro atoms. The molecule has 25 heavy (non-hydrogen) atoms. The second kappa shape index (κ2) is 4.13. The Labute approximate surface area is 146 Å². The highest BCUT2D eigenvalue weighted by Crippen LogP contribution is 2.62. The number of dihydropyridines is 1. The molecule has 0 aliphatic carbocycles. The summed E-state index contributed by atoms with van der Waals surface area (Å²) in [7, 11) is 0. The summed E-state index contributed by atoms with van der Waals surface area (Å²) >= 11 is 0. The molecule has 3 unspecified atom stereocenters. The lowest BCUT2D eigenvalue weighted by Gasteiger charge is -2.30. The molecular formula is C21H18N4. The molecule has 122 valence electrons. The second-order valence-corrected chi connectivity index (χ2v) is 7.80. The summed E-state index contributed by atoms with van der Waals surface area (Å²) in [4.78, 5) is 14.2. The number of hydrogen-bond acceptors (Lipinski definition) is 4. The van der Waals surface area contributed by atoms with Crippen LogP contribution in [0.25, 0.3) is 0 Å². The maximum atomic E-state index is 4.57. The van der Waals surface area contributed by atoms with Crippen molar-refractivity contribution >= 4 is 23.3 Å². The summed E-state index contributed by atoms with van der Waals surface area (Å²) < 4.78 is 0. The topological polar surface area (TPSA) is 31.7 Å². The van der Waals surface area contributed by atoms with E-state index < -0.39 is 0 Å². The van der Waals surface area contributed by atoms with E-state index in [0.29, 0.717) is 18.0 Å². The van der Waals surface area contributed by atoms with Crippen LogP contribution in [0.5, 0.6) is 0 Å². The van der Waals surface area contributed by atoms with E-state index in [1.807, 2.05) is 6.20 Å². The van der Waals surface area contributed by atoms with Crippen molar-refractivity contribution in [2.24, 2.45) is 4.99 Å². The quantitative estimate of drug-likeness (QED) is 0.742. The van der Waals surface area contributed by atoms with Crippen LogP contribution in [-0.4, -0.2) is 29.8 Å². The van der Waals surface area contributed by atoms with Gasteiger partial charge in [-0.3, -0.25) is 9.98 Å². The van der Waals surface area contributed by atoms with Gasteiger partial charge in [0.15, 0.2) is 0 Å². The van der Waals surface area contributed by atoms with Crippen molar-refractivity contribution in [3.05, 3.63) is 59.1 Å². The molecule has 4 heteroatoms. The van der Waals surface area contributed by atoms with E-state index in [2.05, 4.69) is 56.5 Å². The lowest BCUT2D eigenvalue weighted by Crippen LogP contribution is -2.37. The second-order valence-electron chi connectivity index (χ2n) is 7.80. The number of rotatable bonds is 0. The largest absolute Gasteiger partial charge is 0.336 e. The molecule has 0 saturated heterocycles. The van der Waals surface area contributed by atoms with Crippen molar-refractivity contribution in [3.8, 4) is 0 Å². The Balaban J connectivity index is 1.45. The van der Waals surface area contributed by atoms with Crippen molar-refractivity contribution < 1.29 is 0 Å². The molecule has 5 aliphatic heterocycles. The molecule has 0 bridgehead atoms. The van der Waals surface area contributed by atoms with Crippen molar-refractivity contribution in [1.82, 2.24) is 4.98 Å². The van der Waals surface area contributed by atoms with Crippen molar-refractivity contribution in [1.29, 1.82) is 0 Å². The van der Waals surface area contributed by atoms with Crippen LogP contribution in [0.15, 0.2) is 52.9 Å². The number of hydrogen-bond donors (Lipinski definition) is 0. The number of anilines is 3. The molecule has 5 aliphatic rings. The number of benzene rings is 1. The van der Waals surface area contributed by atoms with Gasteiger partial charge in [-0.25, -0.2) is 0 Å². The average Bonchev–Trinajstić information content (AvgIpc) is 3.35. The van der Waals surface area contributed by atoms with Crippen molar-refractivity contribution in [2.45, 2.75) is 37.3 Å². The predicted molar refractivity (Wildman–Crippen MR) is 98.9 cm³/mol. The third kappa shape index (κ3) is 1.34. The smallest absolute Gasteiger partial charge is 0.0633 e.